The highest BCUT2D eigenvalue weighted by atomic mass is 32.1. The SMILES string of the molecule is CC(Nc1c(N)cccc1C(=O)O)c1nccs1. The van der Waals surface area contributed by atoms with Crippen LogP contribution in [0.1, 0.15) is 28.3 Å². The topological polar surface area (TPSA) is 88.2 Å². The van der Waals surface area contributed by atoms with Crippen molar-refractivity contribution in [3.05, 3.63) is 40.3 Å². The van der Waals surface area contributed by atoms with Gasteiger partial charge in [0.1, 0.15) is 5.01 Å². The van der Waals surface area contributed by atoms with Gasteiger partial charge in [-0.3, -0.25) is 0 Å². The smallest absolute Gasteiger partial charge is 0.337 e. The average Bonchev–Trinajstić information content (AvgIpc) is 2.85. The lowest BCUT2D eigenvalue weighted by atomic mass is 10.1. The molecule has 1 aromatic heterocycles. The number of anilines is 2. The molecule has 1 unspecified atom stereocenters. The number of hydrogen-bond acceptors (Lipinski definition) is 5. The second-order valence-corrected chi connectivity index (χ2v) is 4.74. The molecule has 1 heterocycles. The summed E-state index contributed by atoms with van der Waals surface area (Å²) >= 11 is 1.51. The van der Waals surface area contributed by atoms with Gasteiger partial charge in [-0.15, -0.1) is 11.3 Å². The molecule has 2 aromatic rings. The molecule has 1 atom stereocenters. The van der Waals surface area contributed by atoms with Gasteiger partial charge in [-0.05, 0) is 19.1 Å². The van der Waals surface area contributed by atoms with Crippen molar-refractivity contribution in [2.75, 3.05) is 11.1 Å². The van der Waals surface area contributed by atoms with E-state index in [1.807, 2.05) is 12.3 Å². The molecule has 0 aliphatic rings. The van der Waals surface area contributed by atoms with Crippen molar-refractivity contribution in [1.82, 2.24) is 4.98 Å². The summed E-state index contributed by atoms with van der Waals surface area (Å²) < 4.78 is 0. The van der Waals surface area contributed by atoms with E-state index in [1.165, 1.54) is 17.4 Å². The Morgan fingerprint density at radius 1 is 1.56 bits per heavy atom. The number of thiazole rings is 1. The number of carbonyl (C=O) groups is 1. The Bertz CT molecular complexity index is 554. The summed E-state index contributed by atoms with van der Waals surface area (Å²) in [7, 11) is 0. The van der Waals surface area contributed by atoms with Crippen LogP contribution in [0.25, 0.3) is 0 Å². The summed E-state index contributed by atoms with van der Waals surface area (Å²) in [4.78, 5) is 15.3. The Morgan fingerprint density at radius 2 is 2.33 bits per heavy atom. The average molecular weight is 263 g/mol. The summed E-state index contributed by atoms with van der Waals surface area (Å²) in [5.74, 6) is -1.00. The van der Waals surface area contributed by atoms with Crippen LogP contribution in [0, 0.1) is 0 Å². The molecular weight excluding hydrogens is 250 g/mol. The molecule has 0 aliphatic carbocycles. The zero-order valence-corrected chi connectivity index (χ0v) is 10.6. The zero-order chi connectivity index (χ0) is 13.1. The summed E-state index contributed by atoms with van der Waals surface area (Å²) in [6.07, 6.45) is 1.71. The highest BCUT2D eigenvalue weighted by molar-refractivity contribution is 7.09. The molecule has 2 rings (SSSR count). The van der Waals surface area contributed by atoms with E-state index in [0.29, 0.717) is 11.4 Å². The fourth-order valence-corrected chi connectivity index (χ4v) is 2.28. The first-order valence-electron chi connectivity index (χ1n) is 5.37. The van der Waals surface area contributed by atoms with E-state index < -0.39 is 5.97 Å². The number of nitrogens with two attached hydrogens (primary N) is 1. The van der Waals surface area contributed by atoms with Crippen LogP contribution in [0.5, 0.6) is 0 Å². The molecule has 94 valence electrons. The summed E-state index contributed by atoms with van der Waals surface area (Å²) in [6.45, 7) is 1.91. The standard InChI is InChI=1S/C12H13N3O2S/c1-7(11-14-5-6-18-11)15-10-8(12(16)17)3-2-4-9(10)13/h2-7,15H,13H2,1H3,(H,16,17). The molecule has 18 heavy (non-hydrogen) atoms. The van der Waals surface area contributed by atoms with Crippen LogP contribution >= 0.6 is 11.3 Å². The van der Waals surface area contributed by atoms with E-state index in [9.17, 15) is 4.79 Å². The van der Waals surface area contributed by atoms with E-state index in [2.05, 4.69) is 10.3 Å². The Balaban J connectivity index is 2.31. The van der Waals surface area contributed by atoms with Gasteiger partial charge in [0.05, 0.1) is 23.0 Å². The zero-order valence-electron chi connectivity index (χ0n) is 9.75. The van der Waals surface area contributed by atoms with Crippen molar-refractivity contribution >= 4 is 28.7 Å². The third-order valence-electron chi connectivity index (χ3n) is 2.51. The largest absolute Gasteiger partial charge is 0.478 e. The Morgan fingerprint density at radius 3 is 2.94 bits per heavy atom. The molecular formula is C12H13N3O2S. The number of para-hydroxylation sites is 1. The molecule has 0 radical (unpaired) electrons. The fraction of sp³-hybridized carbons (Fsp3) is 0.167. The summed E-state index contributed by atoms with van der Waals surface area (Å²) in [5, 5.41) is 15.0. The number of carboxylic acid groups (broad SMARTS) is 1. The second-order valence-electron chi connectivity index (χ2n) is 3.81. The maximum Gasteiger partial charge on any atom is 0.337 e. The first-order valence-corrected chi connectivity index (χ1v) is 6.25. The molecule has 0 fully saturated rings. The lowest BCUT2D eigenvalue weighted by Gasteiger charge is -2.16. The van der Waals surface area contributed by atoms with E-state index in [0.717, 1.165) is 5.01 Å². The van der Waals surface area contributed by atoms with E-state index in [-0.39, 0.29) is 11.6 Å². The van der Waals surface area contributed by atoms with E-state index in [4.69, 9.17) is 10.8 Å². The number of nitrogens with zero attached hydrogens (tertiary/aromatic N) is 1. The molecule has 0 aliphatic heterocycles. The van der Waals surface area contributed by atoms with Crippen LogP contribution in [0.4, 0.5) is 11.4 Å². The minimum absolute atomic E-state index is 0.0900. The van der Waals surface area contributed by atoms with Gasteiger partial charge in [0, 0.05) is 11.6 Å². The predicted octanol–water partition coefficient (Wildman–Crippen LogP) is 2.60. The van der Waals surface area contributed by atoms with Gasteiger partial charge in [0.2, 0.25) is 0 Å². The van der Waals surface area contributed by atoms with Gasteiger partial charge in [0.15, 0.2) is 0 Å². The highest BCUT2D eigenvalue weighted by Gasteiger charge is 2.16. The maximum absolute atomic E-state index is 11.1. The third kappa shape index (κ3) is 2.43. The van der Waals surface area contributed by atoms with E-state index in [1.54, 1.807) is 18.3 Å². The molecule has 0 saturated heterocycles. The number of aromatic carboxylic acids is 1. The molecule has 0 amide bonds. The van der Waals surface area contributed by atoms with E-state index >= 15 is 0 Å². The van der Waals surface area contributed by atoms with Crippen molar-refractivity contribution in [3.63, 3.8) is 0 Å². The monoisotopic (exact) mass is 263 g/mol. The minimum Gasteiger partial charge on any atom is -0.478 e. The minimum atomic E-state index is -1.00. The quantitative estimate of drug-likeness (QED) is 0.738. The fourth-order valence-electron chi connectivity index (χ4n) is 1.64. The van der Waals surface area contributed by atoms with Gasteiger partial charge >= 0.3 is 5.97 Å². The molecule has 6 heteroatoms. The summed E-state index contributed by atoms with van der Waals surface area (Å²) in [5.41, 5.74) is 6.84. The Kier molecular flexibility index (Phi) is 3.47. The number of nitrogen functional groups attached to an aromatic ring is 1. The number of nitrogens with one attached hydrogen (secondary N) is 1. The Hall–Kier alpha value is -2.08. The Labute approximate surface area is 108 Å². The number of aromatic nitrogens is 1. The first-order chi connectivity index (χ1) is 8.59. The number of hydrogen-bond donors (Lipinski definition) is 3. The van der Waals surface area contributed by atoms with Gasteiger partial charge in [0.25, 0.3) is 0 Å². The van der Waals surface area contributed by atoms with Crippen molar-refractivity contribution < 1.29 is 9.90 Å². The number of rotatable bonds is 4. The van der Waals surface area contributed by atoms with Crippen molar-refractivity contribution in [1.29, 1.82) is 0 Å². The molecule has 0 saturated carbocycles. The van der Waals surface area contributed by atoms with Crippen LogP contribution in [-0.4, -0.2) is 16.1 Å². The second kappa shape index (κ2) is 5.05. The summed E-state index contributed by atoms with van der Waals surface area (Å²) in [6, 6.07) is 4.73. The predicted molar refractivity (Wildman–Crippen MR) is 72.0 cm³/mol. The van der Waals surface area contributed by atoms with Crippen LogP contribution in [0.15, 0.2) is 29.8 Å². The third-order valence-corrected chi connectivity index (χ3v) is 3.47. The number of benzene rings is 1. The van der Waals surface area contributed by atoms with Crippen molar-refractivity contribution in [2.45, 2.75) is 13.0 Å². The normalized spacial score (nSPS) is 12.1. The van der Waals surface area contributed by atoms with Gasteiger partial charge in [-0.2, -0.15) is 0 Å². The van der Waals surface area contributed by atoms with Gasteiger partial charge in [-0.1, -0.05) is 6.07 Å². The molecule has 0 spiro atoms. The lowest BCUT2D eigenvalue weighted by molar-refractivity contribution is 0.0698. The highest BCUT2D eigenvalue weighted by Crippen LogP contribution is 2.28. The first kappa shape index (κ1) is 12.4. The molecule has 0 bridgehead atoms. The lowest BCUT2D eigenvalue weighted by Crippen LogP contribution is -2.12. The van der Waals surface area contributed by atoms with Crippen molar-refractivity contribution in [3.8, 4) is 0 Å². The number of carboxylic acids is 1. The van der Waals surface area contributed by atoms with Gasteiger partial charge in [-0.25, -0.2) is 9.78 Å². The van der Waals surface area contributed by atoms with Crippen LogP contribution in [0.2, 0.25) is 0 Å². The van der Waals surface area contributed by atoms with Crippen molar-refractivity contribution in [2.24, 2.45) is 0 Å². The molecule has 4 N–H and O–H groups in total. The van der Waals surface area contributed by atoms with Crippen LogP contribution in [0.3, 0.4) is 0 Å². The van der Waals surface area contributed by atoms with Crippen LogP contribution < -0.4 is 11.1 Å². The molecule has 1 aromatic carbocycles. The molecule has 5 nitrogen and oxygen atoms in total. The van der Waals surface area contributed by atoms with Crippen LogP contribution in [-0.2, 0) is 0 Å². The van der Waals surface area contributed by atoms with Gasteiger partial charge < -0.3 is 16.2 Å². The maximum atomic E-state index is 11.1.